The average molecular weight is 572 g/mol. The molecule has 0 unspecified atom stereocenters. The zero-order chi connectivity index (χ0) is 29.7. The number of alkyl halides is 1. The number of aromatic amines is 1. The molecular formula is C37H34FN3O2. The topological polar surface area (TPSA) is 69.1 Å². The molecule has 0 bridgehead atoms. The second-order valence-electron chi connectivity index (χ2n) is 12.1. The van der Waals surface area contributed by atoms with Crippen molar-refractivity contribution in [2.45, 2.75) is 44.7 Å². The summed E-state index contributed by atoms with van der Waals surface area (Å²) >= 11 is 0. The van der Waals surface area contributed by atoms with Crippen LogP contribution in [0.15, 0.2) is 72.8 Å². The number of amides is 1. The number of rotatable bonds is 4. The van der Waals surface area contributed by atoms with Gasteiger partial charge in [-0.3, -0.25) is 4.79 Å². The van der Waals surface area contributed by atoms with Crippen molar-refractivity contribution < 1.29 is 13.9 Å². The second-order valence-corrected chi connectivity index (χ2v) is 12.1. The summed E-state index contributed by atoms with van der Waals surface area (Å²) in [7, 11) is 0. The summed E-state index contributed by atoms with van der Waals surface area (Å²) in [6, 6.07) is 25.8. The molecule has 0 aliphatic carbocycles. The van der Waals surface area contributed by atoms with Gasteiger partial charge in [0.1, 0.15) is 5.67 Å². The van der Waals surface area contributed by atoms with E-state index in [0.717, 1.165) is 46.3 Å². The highest BCUT2D eigenvalue weighted by Crippen LogP contribution is 2.43. The molecule has 1 amide bonds. The Morgan fingerprint density at radius 3 is 2.49 bits per heavy atom. The molecule has 3 heterocycles. The number of halogens is 1. The molecule has 4 aromatic carbocycles. The number of piperidine rings is 1. The van der Waals surface area contributed by atoms with Crippen LogP contribution in [0.1, 0.15) is 63.4 Å². The number of carbonyl (C=O) groups excluding carboxylic acids is 1. The van der Waals surface area contributed by atoms with Crippen molar-refractivity contribution in [1.82, 2.24) is 9.88 Å². The van der Waals surface area contributed by atoms with Crippen LogP contribution in [0, 0.1) is 25.2 Å². The van der Waals surface area contributed by atoms with E-state index in [0.29, 0.717) is 36.4 Å². The van der Waals surface area contributed by atoms with Gasteiger partial charge in [-0.1, -0.05) is 48.5 Å². The highest BCUT2D eigenvalue weighted by Gasteiger charge is 2.38. The number of ether oxygens (including phenoxy) is 1. The normalized spacial score (nSPS) is 18.3. The van der Waals surface area contributed by atoms with Gasteiger partial charge in [0.05, 0.1) is 23.8 Å². The zero-order valence-corrected chi connectivity index (χ0v) is 24.5. The van der Waals surface area contributed by atoms with Gasteiger partial charge in [-0.15, -0.1) is 0 Å². The predicted octanol–water partition coefficient (Wildman–Crippen LogP) is 8.08. The van der Waals surface area contributed by atoms with Crippen LogP contribution in [-0.2, 0) is 10.4 Å². The smallest absolute Gasteiger partial charge is 0.254 e. The molecule has 0 radical (unpaired) electrons. The summed E-state index contributed by atoms with van der Waals surface area (Å²) in [5.74, 6) is 0.225. The van der Waals surface area contributed by atoms with E-state index in [1.807, 2.05) is 13.0 Å². The molecule has 216 valence electrons. The van der Waals surface area contributed by atoms with Crippen molar-refractivity contribution in [3.8, 4) is 17.2 Å². The maximum Gasteiger partial charge on any atom is 0.254 e. The number of nitrogens with one attached hydrogen (secondary N) is 1. The van der Waals surface area contributed by atoms with E-state index in [2.05, 4.69) is 60.4 Å². The molecule has 1 aromatic heterocycles. The maximum absolute atomic E-state index is 16.0. The van der Waals surface area contributed by atoms with E-state index in [9.17, 15) is 4.79 Å². The molecule has 1 N–H and O–H groups in total. The van der Waals surface area contributed by atoms with Crippen LogP contribution in [0.2, 0.25) is 0 Å². The molecule has 2 fully saturated rings. The van der Waals surface area contributed by atoms with Gasteiger partial charge in [0, 0.05) is 65.9 Å². The Labute approximate surface area is 250 Å². The fourth-order valence-corrected chi connectivity index (χ4v) is 7.06. The van der Waals surface area contributed by atoms with Crippen molar-refractivity contribution in [2.24, 2.45) is 0 Å². The molecule has 0 spiro atoms. The van der Waals surface area contributed by atoms with Crippen LogP contribution in [0.5, 0.6) is 0 Å². The van der Waals surface area contributed by atoms with Crippen molar-refractivity contribution in [3.05, 3.63) is 106 Å². The quantitative estimate of drug-likeness (QED) is 0.237. The average Bonchev–Trinajstić information content (AvgIpc) is 3.70. The molecule has 7 rings (SSSR count). The largest absolute Gasteiger partial charge is 0.381 e. The number of likely N-dealkylation sites (tertiary alicyclic amines) is 1. The molecular weight excluding hydrogens is 537 g/mol. The Balaban J connectivity index is 1.26. The number of hydrogen-bond acceptors (Lipinski definition) is 3. The lowest BCUT2D eigenvalue weighted by Gasteiger charge is -2.37. The lowest BCUT2D eigenvalue weighted by molar-refractivity contribution is 0.0421. The van der Waals surface area contributed by atoms with E-state index in [-0.39, 0.29) is 24.7 Å². The number of nitrogens with zero attached hydrogens (tertiary/aromatic N) is 2. The van der Waals surface area contributed by atoms with Gasteiger partial charge in [-0.25, -0.2) is 4.39 Å². The molecule has 1 atom stereocenters. The van der Waals surface area contributed by atoms with Crippen LogP contribution in [0.4, 0.5) is 4.39 Å². The first-order valence-electron chi connectivity index (χ1n) is 15.1. The number of aromatic nitrogens is 1. The Hall–Kier alpha value is -4.47. The first-order chi connectivity index (χ1) is 20.9. The third kappa shape index (κ3) is 4.69. The van der Waals surface area contributed by atoms with Crippen LogP contribution < -0.4 is 0 Å². The summed E-state index contributed by atoms with van der Waals surface area (Å²) in [6.07, 6.45) is 1.42. The zero-order valence-electron chi connectivity index (χ0n) is 24.5. The van der Waals surface area contributed by atoms with Crippen molar-refractivity contribution in [1.29, 1.82) is 5.26 Å². The summed E-state index contributed by atoms with van der Waals surface area (Å²) < 4.78 is 21.8. The monoisotopic (exact) mass is 571 g/mol. The minimum Gasteiger partial charge on any atom is -0.381 e. The molecule has 5 aromatic rings. The minimum atomic E-state index is -1.51. The number of para-hydroxylation sites is 1. The van der Waals surface area contributed by atoms with Gasteiger partial charge in [-0.05, 0) is 72.4 Å². The van der Waals surface area contributed by atoms with Crippen LogP contribution in [-0.4, -0.2) is 42.1 Å². The summed E-state index contributed by atoms with van der Waals surface area (Å²) in [4.78, 5) is 19.5. The molecule has 43 heavy (non-hydrogen) atoms. The van der Waals surface area contributed by atoms with Gasteiger partial charge in [0.2, 0.25) is 0 Å². The number of carbonyl (C=O) groups is 1. The first kappa shape index (κ1) is 27.4. The van der Waals surface area contributed by atoms with Crippen LogP contribution >= 0.6 is 0 Å². The van der Waals surface area contributed by atoms with E-state index >= 15 is 4.39 Å². The molecule has 2 aliphatic heterocycles. The lowest BCUT2D eigenvalue weighted by Crippen LogP contribution is -2.43. The highest BCUT2D eigenvalue weighted by atomic mass is 19.1. The van der Waals surface area contributed by atoms with Gasteiger partial charge >= 0.3 is 0 Å². The maximum atomic E-state index is 16.0. The van der Waals surface area contributed by atoms with Gasteiger partial charge in [0.15, 0.2) is 0 Å². The van der Waals surface area contributed by atoms with Crippen molar-refractivity contribution >= 4 is 27.7 Å². The Kier molecular flexibility index (Phi) is 6.79. The standard InChI is InChI=1S/C37H34FN3O2/c1-23-19-24(2)32(36(42)41-16-14-37(38,15-17-41)27-9-7-25(21-39)8-10-27)20-31(23)34-28(26-13-18-43-22-26)11-12-30-29-5-3-4-6-33(29)40-35(30)34/h3-12,19-20,26,40H,13-18,22H2,1-2H3/t26-/m0/s1. The fourth-order valence-electron chi connectivity index (χ4n) is 7.06. The molecule has 2 aliphatic rings. The Bertz CT molecular complexity index is 1900. The third-order valence-electron chi connectivity index (χ3n) is 9.53. The van der Waals surface area contributed by atoms with Crippen LogP contribution in [0.3, 0.4) is 0 Å². The summed E-state index contributed by atoms with van der Waals surface area (Å²) in [6.45, 7) is 6.20. The number of nitriles is 1. The van der Waals surface area contributed by atoms with Crippen molar-refractivity contribution in [2.75, 3.05) is 26.3 Å². The van der Waals surface area contributed by atoms with E-state index in [1.165, 1.54) is 16.3 Å². The van der Waals surface area contributed by atoms with Crippen molar-refractivity contribution in [3.63, 3.8) is 0 Å². The van der Waals surface area contributed by atoms with Gasteiger partial charge in [-0.2, -0.15) is 5.26 Å². The van der Waals surface area contributed by atoms with E-state index in [1.54, 1.807) is 29.2 Å². The second kappa shape index (κ2) is 10.7. The molecule has 6 heteroatoms. The third-order valence-corrected chi connectivity index (χ3v) is 9.53. The van der Waals surface area contributed by atoms with Crippen LogP contribution in [0.25, 0.3) is 32.9 Å². The lowest BCUT2D eigenvalue weighted by atomic mass is 9.84. The Morgan fingerprint density at radius 1 is 1.00 bits per heavy atom. The number of benzene rings is 4. The number of H-pyrrole nitrogens is 1. The fraction of sp³-hybridized carbons (Fsp3) is 0.297. The minimum absolute atomic E-state index is 0.0600. The summed E-state index contributed by atoms with van der Waals surface area (Å²) in [5.41, 5.74) is 7.86. The Morgan fingerprint density at radius 2 is 1.77 bits per heavy atom. The molecule has 5 nitrogen and oxygen atoms in total. The van der Waals surface area contributed by atoms with Gasteiger partial charge in [0.25, 0.3) is 5.91 Å². The molecule has 0 saturated carbocycles. The first-order valence-corrected chi connectivity index (χ1v) is 15.1. The van der Waals surface area contributed by atoms with E-state index < -0.39 is 5.67 Å². The predicted molar refractivity (Wildman–Crippen MR) is 168 cm³/mol. The molecule has 2 saturated heterocycles. The summed E-state index contributed by atoms with van der Waals surface area (Å²) in [5, 5.41) is 11.4. The highest BCUT2D eigenvalue weighted by molar-refractivity contribution is 6.13. The van der Waals surface area contributed by atoms with Gasteiger partial charge < -0.3 is 14.6 Å². The SMILES string of the molecule is Cc1cc(C)c(-c2c([C@H]3CCOC3)ccc3c2[nH]c2ccccc23)cc1C(=O)N1CCC(F)(c2ccc(C#N)cc2)CC1. The number of hydrogen-bond donors (Lipinski definition) is 1. The number of fused-ring (bicyclic) bond motifs is 3. The van der Waals surface area contributed by atoms with E-state index in [4.69, 9.17) is 10.00 Å². The number of aryl methyl sites for hydroxylation is 2.